The molecule has 2 fully saturated rings. The highest BCUT2D eigenvalue weighted by atomic mass is 15.2. The third kappa shape index (κ3) is 4.55. The smallest absolute Gasteiger partial charge is 0.0110 e. The monoisotopic (exact) mass is 252 g/mol. The average Bonchev–Trinajstić information content (AvgIpc) is 2.62. The fourth-order valence-electron chi connectivity index (χ4n) is 3.59. The quantitative estimate of drug-likeness (QED) is 0.771. The summed E-state index contributed by atoms with van der Waals surface area (Å²) >= 11 is 0. The van der Waals surface area contributed by atoms with Gasteiger partial charge in [0, 0.05) is 31.7 Å². The number of nitrogens with zero attached hydrogens (tertiary/aromatic N) is 1. The highest BCUT2D eigenvalue weighted by Crippen LogP contribution is 2.21. The molecule has 0 aromatic heterocycles. The van der Waals surface area contributed by atoms with Crippen molar-refractivity contribution in [1.82, 2.24) is 10.2 Å². The van der Waals surface area contributed by atoms with Crippen LogP contribution in [0.15, 0.2) is 0 Å². The summed E-state index contributed by atoms with van der Waals surface area (Å²) in [5.74, 6) is 0.902. The maximum Gasteiger partial charge on any atom is 0.0110 e. The lowest BCUT2D eigenvalue weighted by Crippen LogP contribution is -2.45. The van der Waals surface area contributed by atoms with Crippen molar-refractivity contribution in [3.05, 3.63) is 0 Å². The molecule has 0 aromatic rings. The Bertz CT molecular complexity index is 221. The Labute approximate surface area is 114 Å². The van der Waals surface area contributed by atoms with Crippen molar-refractivity contribution in [3.8, 4) is 0 Å². The number of hydrogen-bond donors (Lipinski definition) is 1. The van der Waals surface area contributed by atoms with Crippen LogP contribution in [0.4, 0.5) is 0 Å². The first-order valence-electron chi connectivity index (χ1n) is 8.23. The Balaban J connectivity index is 1.64. The molecule has 0 amide bonds. The molecule has 1 heterocycles. The Morgan fingerprint density at radius 2 is 1.67 bits per heavy atom. The van der Waals surface area contributed by atoms with Crippen molar-refractivity contribution < 1.29 is 0 Å². The predicted molar refractivity (Wildman–Crippen MR) is 78.9 cm³/mol. The zero-order valence-electron chi connectivity index (χ0n) is 12.5. The number of nitrogens with one attached hydrogen (secondary N) is 1. The van der Waals surface area contributed by atoms with Gasteiger partial charge in [0.2, 0.25) is 0 Å². The number of piperidine rings is 1. The summed E-state index contributed by atoms with van der Waals surface area (Å²) in [6, 6.07) is 1.61. The third-order valence-electron chi connectivity index (χ3n) is 4.93. The first kappa shape index (κ1) is 14.3. The first-order valence-corrected chi connectivity index (χ1v) is 8.23. The summed E-state index contributed by atoms with van der Waals surface area (Å²) < 4.78 is 0. The fourth-order valence-corrected chi connectivity index (χ4v) is 3.59. The van der Waals surface area contributed by atoms with Gasteiger partial charge in [0.1, 0.15) is 0 Å². The van der Waals surface area contributed by atoms with Crippen LogP contribution in [0.5, 0.6) is 0 Å². The second-order valence-electron chi connectivity index (χ2n) is 6.67. The van der Waals surface area contributed by atoms with Crippen LogP contribution in [0.2, 0.25) is 0 Å². The molecule has 2 rings (SSSR count). The highest BCUT2D eigenvalue weighted by Gasteiger charge is 2.22. The molecule has 1 aliphatic heterocycles. The molecule has 0 spiro atoms. The second kappa shape index (κ2) is 7.49. The minimum atomic E-state index is 0.803. The van der Waals surface area contributed by atoms with E-state index >= 15 is 0 Å². The van der Waals surface area contributed by atoms with Crippen molar-refractivity contribution in [3.63, 3.8) is 0 Å². The van der Waals surface area contributed by atoms with Crippen LogP contribution in [0.3, 0.4) is 0 Å². The van der Waals surface area contributed by atoms with Gasteiger partial charge in [0.15, 0.2) is 0 Å². The molecule has 1 N–H and O–H groups in total. The summed E-state index contributed by atoms with van der Waals surface area (Å²) in [6.07, 6.45) is 11.4. The van der Waals surface area contributed by atoms with E-state index in [4.69, 9.17) is 0 Å². The Kier molecular flexibility index (Phi) is 5.97. The summed E-state index contributed by atoms with van der Waals surface area (Å²) in [5, 5.41) is 3.80. The molecular formula is C16H32N2. The molecule has 2 nitrogen and oxygen atoms in total. The molecule has 0 aromatic carbocycles. The Morgan fingerprint density at radius 3 is 2.39 bits per heavy atom. The van der Waals surface area contributed by atoms with Gasteiger partial charge in [-0.05, 0) is 38.5 Å². The lowest BCUT2D eigenvalue weighted by atomic mass is 9.95. The number of hydrogen-bond acceptors (Lipinski definition) is 2. The van der Waals surface area contributed by atoms with Crippen molar-refractivity contribution >= 4 is 0 Å². The summed E-state index contributed by atoms with van der Waals surface area (Å²) in [6.45, 7) is 8.56. The van der Waals surface area contributed by atoms with Crippen LogP contribution in [0, 0.1) is 5.92 Å². The molecular weight excluding hydrogens is 220 g/mol. The summed E-state index contributed by atoms with van der Waals surface area (Å²) in [7, 11) is 0. The Morgan fingerprint density at radius 1 is 0.944 bits per heavy atom. The first-order chi connectivity index (χ1) is 8.75. The number of rotatable bonds is 4. The van der Waals surface area contributed by atoms with E-state index < -0.39 is 0 Å². The Hall–Kier alpha value is -0.0800. The van der Waals surface area contributed by atoms with Gasteiger partial charge in [-0.2, -0.15) is 0 Å². The molecule has 2 heteroatoms. The van der Waals surface area contributed by atoms with Crippen molar-refractivity contribution in [2.75, 3.05) is 19.6 Å². The zero-order chi connectivity index (χ0) is 12.8. The molecule has 106 valence electrons. The second-order valence-corrected chi connectivity index (χ2v) is 6.67. The van der Waals surface area contributed by atoms with Gasteiger partial charge in [0.05, 0.1) is 0 Å². The normalized spacial score (nSPS) is 32.3. The van der Waals surface area contributed by atoms with Crippen molar-refractivity contribution in [2.24, 2.45) is 5.92 Å². The molecule has 2 atom stereocenters. The molecule has 0 radical (unpaired) electrons. The van der Waals surface area contributed by atoms with Gasteiger partial charge in [-0.3, -0.25) is 4.90 Å². The topological polar surface area (TPSA) is 15.3 Å². The average molecular weight is 252 g/mol. The highest BCUT2D eigenvalue weighted by molar-refractivity contribution is 4.78. The van der Waals surface area contributed by atoms with Gasteiger partial charge in [-0.25, -0.2) is 0 Å². The maximum absolute atomic E-state index is 3.80. The standard InChI is InChI=1S/C16H32N2/c1-14-9-10-15(2)18(13-14)12-11-17-16-7-5-3-4-6-8-16/h14-17H,3-13H2,1-2H3. The van der Waals surface area contributed by atoms with E-state index in [0.29, 0.717) is 0 Å². The van der Waals surface area contributed by atoms with E-state index in [-0.39, 0.29) is 0 Å². The third-order valence-corrected chi connectivity index (χ3v) is 4.93. The molecule has 1 aliphatic carbocycles. The van der Waals surface area contributed by atoms with Crippen LogP contribution in [-0.2, 0) is 0 Å². The molecule has 1 saturated carbocycles. The van der Waals surface area contributed by atoms with E-state index in [1.807, 2.05) is 0 Å². The van der Waals surface area contributed by atoms with Gasteiger partial charge in [-0.15, -0.1) is 0 Å². The predicted octanol–water partition coefficient (Wildman–Crippen LogP) is 3.42. The molecule has 2 unspecified atom stereocenters. The number of likely N-dealkylation sites (tertiary alicyclic amines) is 1. The summed E-state index contributed by atoms with van der Waals surface area (Å²) in [4.78, 5) is 2.69. The summed E-state index contributed by atoms with van der Waals surface area (Å²) in [5.41, 5.74) is 0. The van der Waals surface area contributed by atoms with Crippen LogP contribution in [0.25, 0.3) is 0 Å². The van der Waals surface area contributed by atoms with Crippen LogP contribution >= 0.6 is 0 Å². The molecule has 0 bridgehead atoms. The van der Waals surface area contributed by atoms with E-state index in [1.165, 1.54) is 71.0 Å². The van der Waals surface area contributed by atoms with E-state index in [9.17, 15) is 0 Å². The van der Waals surface area contributed by atoms with Gasteiger partial charge < -0.3 is 5.32 Å². The van der Waals surface area contributed by atoms with E-state index in [2.05, 4.69) is 24.1 Å². The van der Waals surface area contributed by atoms with Gasteiger partial charge in [-0.1, -0.05) is 32.6 Å². The van der Waals surface area contributed by atoms with Crippen LogP contribution < -0.4 is 5.32 Å². The van der Waals surface area contributed by atoms with Gasteiger partial charge in [0.25, 0.3) is 0 Å². The molecule has 1 saturated heterocycles. The largest absolute Gasteiger partial charge is 0.313 e. The SMILES string of the molecule is CC1CCC(C)N(CCNC2CCCCCC2)C1. The zero-order valence-corrected chi connectivity index (χ0v) is 12.5. The lowest BCUT2D eigenvalue weighted by Gasteiger charge is -2.37. The molecule has 2 aliphatic rings. The minimum absolute atomic E-state index is 0.803. The van der Waals surface area contributed by atoms with E-state index in [0.717, 1.165) is 18.0 Å². The van der Waals surface area contributed by atoms with Crippen LogP contribution in [0.1, 0.15) is 65.2 Å². The maximum atomic E-state index is 3.80. The van der Waals surface area contributed by atoms with Crippen molar-refractivity contribution in [1.29, 1.82) is 0 Å². The van der Waals surface area contributed by atoms with Gasteiger partial charge >= 0.3 is 0 Å². The van der Waals surface area contributed by atoms with E-state index in [1.54, 1.807) is 0 Å². The lowest BCUT2D eigenvalue weighted by molar-refractivity contribution is 0.124. The molecule has 18 heavy (non-hydrogen) atoms. The van der Waals surface area contributed by atoms with Crippen molar-refractivity contribution in [2.45, 2.75) is 77.3 Å². The minimum Gasteiger partial charge on any atom is -0.313 e. The van der Waals surface area contributed by atoms with Crippen LogP contribution in [-0.4, -0.2) is 36.6 Å². The fraction of sp³-hybridized carbons (Fsp3) is 1.00.